The molecule has 0 aliphatic rings. The number of nitrogens with two attached hydrogens (primary N) is 1. The molecule has 106 valence electrons. The van der Waals surface area contributed by atoms with Crippen LogP contribution in [0.4, 0.5) is 0 Å². The van der Waals surface area contributed by atoms with Crippen LogP contribution in [0.2, 0.25) is 5.02 Å². The summed E-state index contributed by atoms with van der Waals surface area (Å²) in [7, 11) is 0. The van der Waals surface area contributed by atoms with Crippen molar-refractivity contribution in [3.63, 3.8) is 0 Å². The van der Waals surface area contributed by atoms with E-state index in [-0.39, 0.29) is 18.6 Å². The molecule has 1 aromatic rings. The molecule has 3 N–H and O–H groups in total. The molecule has 1 rings (SSSR count). The van der Waals surface area contributed by atoms with Crippen LogP contribution in [0.1, 0.15) is 20.3 Å². The third kappa shape index (κ3) is 6.45. The van der Waals surface area contributed by atoms with E-state index in [1.807, 2.05) is 0 Å². The molecule has 0 heterocycles. The van der Waals surface area contributed by atoms with E-state index in [1.54, 1.807) is 24.3 Å². The molecular formula is C14H21ClN2O2. The summed E-state index contributed by atoms with van der Waals surface area (Å²) in [5, 5.41) is 3.44. The van der Waals surface area contributed by atoms with Crippen LogP contribution >= 0.6 is 11.6 Å². The SMILES string of the molecule is CC(C)CC(CN)NC(=O)COc1cccc(Cl)c1. The molecule has 0 radical (unpaired) electrons. The molecule has 0 bridgehead atoms. The lowest BCUT2D eigenvalue weighted by molar-refractivity contribution is -0.123. The summed E-state index contributed by atoms with van der Waals surface area (Å²) in [6.07, 6.45) is 0.861. The molecule has 1 aromatic carbocycles. The van der Waals surface area contributed by atoms with Crippen LogP contribution in [0.3, 0.4) is 0 Å². The maximum Gasteiger partial charge on any atom is 0.258 e. The highest BCUT2D eigenvalue weighted by Gasteiger charge is 2.12. The van der Waals surface area contributed by atoms with Crippen LogP contribution in [-0.4, -0.2) is 25.1 Å². The lowest BCUT2D eigenvalue weighted by Gasteiger charge is -2.18. The summed E-state index contributed by atoms with van der Waals surface area (Å²) < 4.78 is 5.36. The first-order chi connectivity index (χ1) is 9.01. The number of carbonyl (C=O) groups excluding carboxylic acids is 1. The standard InChI is InChI=1S/C14H21ClN2O2/c1-10(2)6-12(8-16)17-14(18)9-19-13-5-3-4-11(15)7-13/h3-5,7,10,12H,6,8-9,16H2,1-2H3,(H,17,18). The number of benzene rings is 1. The largest absolute Gasteiger partial charge is 0.484 e. The van der Waals surface area contributed by atoms with Gasteiger partial charge in [-0.25, -0.2) is 0 Å². The van der Waals surface area contributed by atoms with Gasteiger partial charge in [0.15, 0.2) is 6.61 Å². The van der Waals surface area contributed by atoms with Crippen molar-refractivity contribution in [2.24, 2.45) is 11.7 Å². The van der Waals surface area contributed by atoms with E-state index in [9.17, 15) is 4.79 Å². The maximum atomic E-state index is 11.7. The Hall–Kier alpha value is -1.26. The summed E-state index contributed by atoms with van der Waals surface area (Å²) >= 11 is 5.83. The van der Waals surface area contributed by atoms with Crippen molar-refractivity contribution >= 4 is 17.5 Å². The Bertz CT molecular complexity index is 410. The molecule has 0 saturated heterocycles. The minimum Gasteiger partial charge on any atom is -0.484 e. The van der Waals surface area contributed by atoms with Gasteiger partial charge in [0.25, 0.3) is 5.91 Å². The minimum absolute atomic E-state index is 0.00420. The van der Waals surface area contributed by atoms with E-state index < -0.39 is 0 Å². The zero-order valence-corrected chi connectivity index (χ0v) is 12.1. The molecule has 0 aliphatic heterocycles. The predicted octanol–water partition coefficient (Wildman–Crippen LogP) is 2.21. The zero-order valence-electron chi connectivity index (χ0n) is 11.4. The van der Waals surface area contributed by atoms with Crippen LogP contribution in [0, 0.1) is 5.92 Å². The van der Waals surface area contributed by atoms with Crippen molar-refractivity contribution in [3.8, 4) is 5.75 Å². The van der Waals surface area contributed by atoms with E-state index in [1.165, 1.54) is 0 Å². The second kappa shape index (κ2) is 8.02. The third-order valence-electron chi connectivity index (χ3n) is 2.57. The van der Waals surface area contributed by atoms with Crippen molar-refractivity contribution in [3.05, 3.63) is 29.3 Å². The van der Waals surface area contributed by atoms with Gasteiger partial charge in [0, 0.05) is 17.6 Å². The Kier molecular flexibility index (Phi) is 6.67. The third-order valence-corrected chi connectivity index (χ3v) is 2.81. The molecule has 1 unspecified atom stereocenters. The number of nitrogens with one attached hydrogen (secondary N) is 1. The maximum absolute atomic E-state index is 11.7. The molecule has 19 heavy (non-hydrogen) atoms. The number of halogens is 1. The normalized spacial score (nSPS) is 12.3. The van der Waals surface area contributed by atoms with Gasteiger partial charge in [-0.2, -0.15) is 0 Å². The zero-order chi connectivity index (χ0) is 14.3. The average Bonchev–Trinajstić information content (AvgIpc) is 2.35. The van der Waals surface area contributed by atoms with Crippen molar-refractivity contribution in [1.29, 1.82) is 0 Å². The highest BCUT2D eigenvalue weighted by Crippen LogP contribution is 2.16. The quantitative estimate of drug-likeness (QED) is 0.807. The lowest BCUT2D eigenvalue weighted by atomic mass is 10.0. The van der Waals surface area contributed by atoms with E-state index in [2.05, 4.69) is 19.2 Å². The Labute approximate surface area is 119 Å². The van der Waals surface area contributed by atoms with E-state index in [4.69, 9.17) is 22.1 Å². The summed E-state index contributed by atoms with van der Waals surface area (Å²) in [6.45, 7) is 4.59. The fourth-order valence-corrected chi connectivity index (χ4v) is 1.94. The first kappa shape index (κ1) is 15.8. The molecule has 0 fully saturated rings. The van der Waals surface area contributed by atoms with Crippen LogP contribution in [0.15, 0.2) is 24.3 Å². The number of rotatable bonds is 7. The summed E-state index contributed by atoms with van der Waals surface area (Å²) in [5.41, 5.74) is 5.62. The topological polar surface area (TPSA) is 64.3 Å². The van der Waals surface area contributed by atoms with Gasteiger partial charge in [-0.3, -0.25) is 4.79 Å². The Balaban J connectivity index is 2.38. The number of carbonyl (C=O) groups is 1. The molecule has 0 spiro atoms. The molecule has 0 aromatic heterocycles. The fourth-order valence-electron chi connectivity index (χ4n) is 1.76. The summed E-state index contributed by atoms with van der Waals surface area (Å²) in [4.78, 5) is 11.7. The highest BCUT2D eigenvalue weighted by molar-refractivity contribution is 6.30. The Morgan fingerprint density at radius 3 is 2.79 bits per heavy atom. The smallest absolute Gasteiger partial charge is 0.258 e. The van der Waals surface area contributed by atoms with Crippen molar-refractivity contribution in [2.75, 3.05) is 13.2 Å². The van der Waals surface area contributed by atoms with E-state index >= 15 is 0 Å². The highest BCUT2D eigenvalue weighted by atomic mass is 35.5. The van der Waals surface area contributed by atoms with Gasteiger partial charge in [-0.05, 0) is 30.5 Å². The molecule has 0 saturated carbocycles. The summed E-state index contributed by atoms with van der Waals surface area (Å²) in [5.74, 6) is 0.898. The second-order valence-corrected chi connectivity index (χ2v) is 5.31. The van der Waals surface area contributed by atoms with E-state index in [0.717, 1.165) is 6.42 Å². The molecule has 1 amide bonds. The number of hydrogen-bond donors (Lipinski definition) is 2. The molecule has 5 heteroatoms. The van der Waals surface area contributed by atoms with Gasteiger partial charge < -0.3 is 15.8 Å². The molecule has 4 nitrogen and oxygen atoms in total. The van der Waals surface area contributed by atoms with Gasteiger partial charge >= 0.3 is 0 Å². The van der Waals surface area contributed by atoms with Gasteiger partial charge in [-0.1, -0.05) is 31.5 Å². The van der Waals surface area contributed by atoms with E-state index in [0.29, 0.717) is 23.2 Å². The van der Waals surface area contributed by atoms with Gasteiger partial charge in [0.1, 0.15) is 5.75 Å². The molecule has 0 aliphatic carbocycles. The van der Waals surface area contributed by atoms with Crippen LogP contribution in [-0.2, 0) is 4.79 Å². The van der Waals surface area contributed by atoms with Crippen molar-refractivity contribution in [1.82, 2.24) is 5.32 Å². The fraction of sp³-hybridized carbons (Fsp3) is 0.500. The molecule has 1 atom stereocenters. The van der Waals surface area contributed by atoms with Gasteiger partial charge in [0.05, 0.1) is 0 Å². The van der Waals surface area contributed by atoms with Crippen LogP contribution in [0.5, 0.6) is 5.75 Å². The van der Waals surface area contributed by atoms with Gasteiger partial charge in [0.2, 0.25) is 0 Å². The van der Waals surface area contributed by atoms with Crippen molar-refractivity contribution in [2.45, 2.75) is 26.3 Å². The first-order valence-corrected chi connectivity index (χ1v) is 6.77. The number of amides is 1. The number of hydrogen-bond acceptors (Lipinski definition) is 3. The monoisotopic (exact) mass is 284 g/mol. The lowest BCUT2D eigenvalue weighted by Crippen LogP contribution is -2.43. The minimum atomic E-state index is -0.170. The Morgan fingerprint density at radius 1 is 1.47 bits per heavy atom. The molecular weight excluding hydrogens is 264 g/mol. The first-order valence-electron chi connectivity index (χ1n) is 6.39. The number of ether oxygens (including phenoxy) is 1. The average molecular weight is 285 g/mol. The van der Waals surface area contributed by atoms with Crippen LogP contribution in [0.25, 0.3) is 0 Å². The summed E-state index contributed by atoms with van der Waals surface area (Å²) in [6, 6.07) is 6.95. The predicted molar refractivity (Wildman–Crippen MR) is 77.4 cm³/mol. The van der Waals surface area contributed by atoms with Crippen LogP contribution < -0.4 is 15.8 Å². The van der Waals surface area contributed by atoms with Crippen molar-refractivity contribution < 1.29 is 9.53 Å². The van der Waals surface area contributed by atoms with Gasteiger partial charge in [-0.15, -0.1) is 0 Å². The Morgan fingerprint density at radius 2 is 2.21 bits per heavy atom. The second-order valence-electron chi connectivity index (χ2n) is 4.88.